The van der Waals surface area contributed by atoms with Gasteiger partial charge in [0.15, 0.2) is 5.82 Å². The van der Waals surface area contributed by atoms with E-state index in [0.717, 1.165) is 6.07 Å². The van der Waals surface area contributed by atoms with Crippen molar-refractivity contribution < 1.29 is 19.3 Å². The fourth-order valence-corrected chi connectivity index (χ4v) is 1.56. The van der Waals surface area contributed by atoms with E-state index in [0.29, 0.717) is 17.4 Å². The number of aromatic nitrogens is 2. The fourth-order valence-electron chi connectivity index (χ4n) is 1.56. The van der Waals surface area contributed by atoms with Crippen LogP contribution >= 0.6 is 0 Å². The van der Waals surface area contributed by atoms with Crippen LogP contribution in [0.1, 0.15) is 22.1 Å². The van der Waals surface area contributed by atoms with Crippen LogP contribution in [0.5, 0.6) is 0 Å². The van der Waals surface area contributed by atoms with Crippen LogP contribution in [-0.2, 0) is 6.54 Å². The van der Waals surface area contributed by atoms with Gasteiger partial charge in [-0.2, -0.15) is 4.98 Å². The Labute approximate surface area is 112 Å². The van der Waals surface area contributed by atoms with Crippen molar-refractivity contribution in [2.45, 2.75) is 13.5 Å². The molecule has 1 aromatic carbocycles. The average Bonchev–Trinajstić information content (AvgIpc) is 2.81. The predicted octanol–water partition coefficient (Wildman–Crippen LogP) is 1.60. The molecule has 0 aliphatic rings. The molecule has 0 unspecified atom stereocenters. The zero-order valence-electron chi connectivity index (χ0n) is 10.4. The van der Waals surface area contributed by atoms with Gasteiger partial charge in [0.25, 0.3) is 5.69 Å². The number of aromatic carboxylic acids is 1. The second-order valence-corrected chi connectivity index (χ2v) is 3.88. The van der Waals surface area contributed by atoms with E-state index in [2.05, 4.69) is 15.5 Å². The highest BCUT2D eigenvalue weighted by molar-refractivity contribution is 5.93. The van der Waals surface area contributed by atoms with Crippen LogP contribution in [-0.4, -0.2) is 26.1 Å². The second kappa shape index (κ2) is 5.34. The molecule has 9 heteroatoms. The number of benzene rings is 1. The Balaban J connectivity index is 2.18. The van der Waals surface area contributed by atoms with Gasteiger partial charge in [0.05, 0.1) is 11.5 Å². The maximum Gasteiger partial charge on any atom is 0.342 e. The van der Waals surface area contributed by atoms with Gasteiger partial charge in [-0.1, -0.05) is 5.16 Å². The van der Waals surface area contributed by atoms with E-state index in [1.807, 2.05) is 0 Å². The van der Waals surface area contributed by atoms with Gasteiger partial charge < -0.3 is 14.9 Å². The molecule has 0 aliphatic heterocycles. The maximum atomic E-state index is 10.9. The lowest BCUT2D eigenvalue weighted by atomic mass is 10.1. The summed E-state index contributed by atoms with van der Waals surface area (Å²) in [6.45, 7) is 1.85. The lowest BCUT2D eigenvalue weighted by molar-refractivity contribution is -0.385. The van der Waals surface area contributed by atoms with Gasteiger partial charge in [-0.05, 0) is 19.1 Å². The van der Waals surface area contributed by atoms with Gasteiger partial charge in [-0.3, -0.25) is 10.1 Å². The number of carboxylic acid groups (broad SMARTS) is 1. The summed E-state index contributed by atoms with van der Waals surface area (Å²) < 4.78 is 4.87. The van der Waals surface area contributed by atoms with Crippen molar-refractivity contribution in [3.8, 4) is 0 Å². The Hall–Kier alpha value is -2.97. The van der Waals surface area contributed by atoms with E-state index in [4.69, 9.17) is 9.63 Å². The third-order valence-electron chi connectivity index (χ3n) is 2.44. The third kappa shape index (κ3) is 2.88. The molecule has 0 radical (unpaired) electrons. The molecule has 0 spiro atoms. The molecule has 0 atom stereocenters. The summed E-state index contributed by atoms with van der Waals surface area (Å²) in [5.74, 6) is -0.544. The van der Waals surface area contributed by atoms with E-state index in [1.54, 1.807) is 6.92 Å². The third-order valence-corrected chi connectivity index (χ3v) is 2.44. The summed E-state index contributed by atoms with van der Waals surface area (Å²) in [5.41, 5.74) is -0.462. The van der Waals surface area contributed by atoms with Crippen LogP contribution in [0.4, 0.5) is 11.4 Å². The number of aryl methyl sites for hydroxylation is 1. The van der Waals surface area contributed by atoms with Crippen LogP contribution in [0.25, 0.3) is 0 Å². The Morgan fingerprint density at radius 3 is 2.85 bits per heavy atom. The molecule has 1 aromatic heterocycles. The highest BCUT2D eigenvalue weighted by Crippen LogP contribution is 2.23. The first kappa shape index (κ1) is 13.5. The summed E-state index contributed by atoms with van der Waals surface area (Å²) in [4.78, 5) is 24.9. The summed E-state index contributed by atoms with van der Waals surface area (Å²) in [5, 5.41) is 26.1. The Morgan fingerprint density at radius 2 is 2.30 bits per heavy atom. The molecule has 2 rings (SSSR count). The van der Waals surface area contributed by atoms with Gasteiger partial charge in [-0.15, -0.1) is 0 Å². The predicted molar refractivity (Wildman–Crippen MR) is 66.4 cm³/mol. The largest absolute Gasteiger partial charge is 0.477 e. The quantitative estimate of drug-likeness (QED) is 0.622. The number of carboxylic acids is 1. The molecule has 1 heterocycles. The normalized spacial score (nSPS) is 10.2. The molecule has 2 N–H and O–H groups in total. The minimum Gasteiger partial charge on any atom is -0.477 e. The number of anilines is 1. The summed E-state index contributed by atoms with van der Waals surface area (Å²) >= 11 is 0. The van der Waals surface area contributed by atoms with Crippen molar-refractivity contribution in [2.75, 3.05) is 5.32 Å². The second-order valence-electron chi connectivity index (χ2n) is 3.88. The van der Waals surface area contributed by atoms with Crippen LogP contribution in [0.2, 0.25) is 0 Å². The highest BCUT2D eigenvalue weighted by atomic mass is 16.6. The van der Waals surface area contributed by atoms with Gasteiger partial charge in [-0.25, -0.2) is 4.79 Å². The van der Waals surface area contributed by atoms with E-state index >= 15 is 0 Å². The molecule has 0 saturated carbocycles. The number of nitro groups is 1. The number of rotatable bonds is 5. The first-order chi connectivity index (χ1) is 9.47. The Morgan fingerprint density at radius 1 is 1.55 bits per heavy atom. The van der Waals surface area contributed by atoms with Crippen LogP contribution in [0.15, 0.2) is 22.7 Å². The maximum absolute atomic E-state index is 10.9. The molecule has 2 aromatic rings. The SMILES string of the molecule is Cc1noc(CNc2ccc(C(=O)O)c([N+](=O)[O-])c2)n1. The van der Waals surface area contributed by atoms with Gasteiger partial charge >= 0.3 is 5.97 Å². The first-order valence-corrected chi connectivity index (χ1v) is 5.52. The molecule has 0 aliphatic carbocycles. The summed E-state index contributed by atoms with van der Waals surface area (Å²) in [6, 6.07) is 3.74. The van der Waals surface area contributed by atoms with Crippen molar-refractivity contribution in [1.82, 2.24) is 10.1 Å². The molecule has 0 fully saturated rings. The number of nitro benzene ring substituents is 1. The van der Waals surface area contributed by atoms with Crippen molar-refractivity contribution in [3.05, 3.63) is 45.6 Å². The number of nitrogens with zero attached hydrogens (tertiary/aromatic N) is 3. The number of hydrogen-bond donors (Lipinski definition) is 2. The smallest absolute Gasteiger partial charge is 0.342 e. The monoisotopic (exact) mass is 278 g/mol. The molecule has 0 saturated heterocycles. The minimum atomic E-state index is -1.35. The fraction of sp³-hybridized carbons (Fsp3) is 0.182. The average molecular weight is 278 g/mol. The topological polar surface area (TPSA) is 131 Å². The van der Waals surface area contributed by atoms with Crippen molar-refractivity contribution >= 4 is 17.3 Å². The van der Waals surface area contributed by atoms with Gasteiger partial charge in [0.1, 0.15) is 5.56 Å². The van der Waals surface area contributed by atoms with Crippen LogP contribution < -0.4 is 5.32 Å². The van der Waals surface area contributed by atoms with Crippen molar-refractivity contribution in [1.29, 1.82) is 0 Å². The first-order valence-electron chi connectivity index (χ1n) is 5.52. The Bertz CT molecular complexity index is 667. The molecule has 20 heavy (non-hydrogen) atoms. The van der Waals surface area contributed by atoms with Crippen molar-refractivity contribution in [3.63, 3.8) is 0 Å². The number of hydrogen-bond acceptors (Lipinski definition) is 7. The van der Waals surface area contributed by atoms with Gasteiger partial charge in [0.2, 0.25) is 5.89 Å². The minimum absolute atomic E-state index is 0.185. The van der Waals surface area contributed by atoms with Crippen molar-refractivity contribution in [2.24, 2.45) is 0 Å². The van der Waals surface area contributed by atoms with Gasteiger partial charge in [0, 0.05) is 11.8 Å². The standard InChI is InChI=1S/C11H10N4O5/c1-6-13-10(20-14-6)5-12-7-2-3-8(11(16)17)9(4-7)15(18)19/h2-4,12H,5H2,1H3,(H,16,17). The van der Waals surface area contributed by atoms with Crippen LogP contribution in [0, 0.1) is 17.0 Å². The van der Waals surface area contributed by atoms with E-state index < -0.39 is 16.6 Å². The lowest BCUT2D eigenvalue weighted by Crippen LogP contribution is -2.05. The molecule has 0 bridgehead atoms. The molecule has 104 valence electrons. The number of carbonyl (C=O) groups is 1. The Kier molecular flexibility index (Phi) is 3.60. The molecule has 9 nitrogen and oxygen atoms in total. The van der Waals surface area contributed by atoms with E-state index in [1.165, 1.54) is 12.1 Å². The lowest BCUT2D eigenvalue weighted by Gasteiger charge is -2.04. The van der Waals surface area contributed by atoms with E-state index in [-0.39, 0.29) is 12.1 Å². The van der Waals surface area contributed by atoms with Crippen LogP contribution in [0.3, 0.4) is 0 Å². The summed E-state index contributed by atoms with van der Waals surface area (Å²) in [6.07, 6.45) is 0. The molecular weight excluding hydrogens is 268 g/mol. The zero-order valence-corrected chi connectivity index (χ0v) is 10.4. The molecule has 0 amide bonds. The molecular formula is C11H10N4O5. The highest BCUT2D eigenvalue weighted by Gasteiger charge is 2.20. The number of nitrogens with one attached hydrogen (secondary N) is 1. The summed E-state index contributed by atoms with van der Waals surface area (Å²) in [7, 11) is 0. The zero-order chi connectivity index (χ0) is 14.7. The van der Waals surface area contributed by atoms with E-state index in [9.17, 15) is 14.9 Å².